The first-order valence-electron chi connectivity index (χ1n) is 9.47. The van der Waals surface area contributed by atoms with Crippen LogP contribution in [0.2, 0.25) is 0 Å². The van der Waals surface area contributed by atoms with Gasteiger partial charge in [0.25, 0.3) is 0 Å². The molecule has 0 radical (unpaired) electrons. The number of pyridine rings is 1. The summed E-state index contributed by atoms with van der Waals surface area (Å²) in [6.45, 7) is 8.54. The molecule has 3 rings (SSSR count). The molecule has 2 aromatic rings. The van der Waals surface area contributed by atoms with Gasteiger partial charge in [-0.15, -0.1) is 9.32 Å². The van der Waals surface area contributed by atoms with E-state index in [-0.39, 0.29) is 0 Å². The Balaban J connectivity index is 1.58. The molecule has 0 saturated carbocycles. The number of hydroxylamine groups is 2. The van der Waals surface area contributed by atoms with E-state index in [4.69, 9.17) is 14.3 Å². The van der Waals surface area contributed by atoms with Gasteiger partial charge in [0.1, 0.15) is 5.03 Å². The summed E-state index contributed by atoms with van der Waals surface area (Å²) >= 11 is 1.15. The Bertz CT molecular complexity index is 735. The summed E-state index contributed by atoms with van der Waals surface area (Å²) in [5, 5.41) is 2.53. The SMILES string of the molecule is CCN(CC)OOSc1cccc(C2=CCCN(Cc3ccccc3)C2)n1. The van der Waals surface area contributed by atoms with Crippen molar-refractivity contribution in [2.75, 3.05) is 26.2 Å². The lowest BCUT2D eigenvalue weighted by atomic mass is 10.1. The lowest BCUT2D eigenvalue weighted by Crippen LogP contribution is -2.29. The first kappa shape index (κ1) is 20.0. The van der Waals surface area contributed by atoms with Gasteiger partial charge in [-0.25, -0.2) is 4.98 Å². The van der Waals surface area contributed by atoms with Gasteiger partial charge in [-0.05, 0) is 43.5 Å². The van der Waals surface area contributed by atoms with Crippen LogP contribution >= 0.6 is 12.0 Å². The summed E-state index contributed by atoms with van der Waals surface area (Å²) in [5.41, 5.74) is 3.62. The molecule has 0 saturated heterocycles. The van der Waals surface area contributed by atoms with Gasteiger partial charge in [0.05, 0.1) is 17.7 Å². The Hall–Kier alpha value is -1.70. The monoisotopic (exact) mass is 385 g/mol. The fourth-order valence-electron chi connectivity index (χ4n) is 3.03. The summed E-state index contributed by atoms with van der Waals surface area (Å²) in [6, 6.07) is 16.6. The van der Waals surface area contributed by atoms with E-state index < -0.39 is 0 Å². The van der Waals surface area contributed by atoms with Crippen LogP contribution in [0, 0.1) is 0 Å². The van der Waals surface area contributed by atoms with Crippen molar-refractivity contribution in [2.45, 2.75) is 31.8 Å². The van der Waals surface area contributed by atoms with Crippen molar-refractivity contribution in [3.8, 4) is 0 Å². The second kappa shape index (κ2) is 10.6. The summed E-state index contributed by atoms with van der Waals surface area (Å²) < 4.78 is 5.26. The number of benzene rings is 1. The third kappa shape index (κ3) is 6.16. The molecule has 0 amide bonds. The van der Waals surface area contributed by atoms with Crippen molar-refractivity contribution in [1.29, 1.82) is 0 Å². The van der Waals surface area contributed by atoms with Crippen LogP contribution in [-0.4, -0.2) is 41.1 Å². The molecule has 27 heavy (non-hydrogen) atoms. The van der Waals surface area contributed by atoms with Gasteiger partial charge in [-0.1, -0.05) is 42.5 Å². The van der Waals surface area contributed by atoms with Crippen molar-refractivity contribution in [3.63, 3.8) is 0 Å². The predicted octanol–water partition coefficient (Wildman–Crippen LogP) is 4.58. The van der Waals surface area contributed by atoms with Gasteiger partial charge in [0.15, 0.2) is 0 Å². The third-order valence-electron chi connectivity index (χ3n) is 4.49. The van der Waals surface area contributed by atoms with Crippen LogP contribution in [0.3, 0.4) is 0 Å². The maximum atomic E-state index is 5.26. The number of aromatic nitrogens is 1. The molecule has 0 atom stereocenters. The molecule has 1 aromatic carbocycles. The van der Waals surface area contributed by atoms with Crippen molar-refractivity contribution in [1.82, 2.24) is 14.9 Å². The van der Waals surface area contributed by atoms with Crippen molar-refractivity contribution >= 4 is 17.6 Å². The average Bonchev–Trinajstić information content (AvgIpc) is 2.72. The van der Waals surface area contributed by atoms with Crippen LogP contribution in [0.1, 0.15) is 31.5 Å². The molecule has 5 nitrogen and oxygen atoms in total. The van der Waals surface area contributed by atoms with Crippen LogP contribution in [0.25, 0.3) is 5.57 Å². The van der Waals surface area contributed by atoms with E-state index in [2.05, 4.69) is 47.4 Å². The maximum absolute atomic E-state index is 5.26. The van der Waals surface area contributed by atoms with Gasteiger partial charge in [0.2, 0.25) is 0 Å². The number of hydrogen-bond acceptors (Lipinski definition) is 6. The van der Waals surface area contributed by atoms with Gasteiger partial charge in [-0.2, -0.15) is 5.06 Å². The molecule has 2 heterocycles. The van der Waals surface area contributed by atoms with E-state index in [1.165, 1.54) is 11.1 Å². The standard InChI is InChI=1S/C21H27N3O2S/c1-3-24(4-2)25-26-27-21-14-8-13-20(22-21)19-12-9-15-23(17-19)16-18-10-6-5-7-11-18/h5-8,10-14H,3-4,9,15-17H2,1-2H3. The molecule has 1 aliphatic rings. The summed E-state index contributed by atoms with van der Waals surface area (Å²) in [7, 11) is 0. The highest BCUT2D eigenvalue weighted by Crippen LogP contribution is 2.24. The average molecular weight is 386 g/mol. The van der Waals surface area contributed by atoms with E-state index >= 15 is 0 Å². The minimum atomic E-state index is 0.772. The van der Waals surface area contributed by atoms with E-state index in [0.717, 1.165) is 61.9 Å². The minimum Gasteiger partial charge on any atom is -0.294 e. The van der Waals surface area contributed by atoms with Gasteiger partial charge in [-0.3, -0.25) is 4.90 Å². The van der Waals surface area contributed by atoms with Crippen LogP contribution in [0.15, 0.2) is 59.6 Å². The number of rotatable bonds is 9. The largest absolute Gasteiger partial charge is 0.294 e. The molecule has 0 bridgehead atoms. The first-order chi connectivity index (χ1) is 13.3. The van der Waals surface area contributed by atoms with Gasteiger partial charge >= 0.3 is 0 Å². The van der Waals surface area contributed by atoms with Crippen molar-refractivity contribution in [2.24, 2.45) is 0 Å². The second-order valence-electron chi connectivity index (χ2n) is 6.42. The van der Waals surface area contributed by atoms with Gasteiger partial charge in [0, 0.05) is 32.7 Å². The van der Waals surface area contributed by atoms with Crippen molar-refractivity contribution < 1.29 is 9.32 Å². The van der Waals surface area contributed by atoms with E-state index in [1.54, 1.807) is 5.06 Å². The Morgan fingerprint density at radius 3 is 2.67 bits per heavy atom. The maximum Gasteiger partial charge on any atom is 0.127 e. The molecule has 1 aromatic heterocycles. The Morgan fingerprint density at radius 1 is 1.07 bits per heavy atom. The van der Waals surface area contributed by atoms with Crippen LogP contribution in [-0.2, 0) is 15.9 Å². The summed E-state index contributed by atoms with van der Waals surface area (Å²) in [4.78, 5) is 12.4. The number of nitrogens with zero attached hydrogens (tertiary/aromatic N) is 3. The molecular formula is C21H27N3O2S. The fourth-order valence-corrected chi connectivity index (χ4v) is 3.49. The highest BCUT2D eigenvalue weighted by atomic mass is 32.2. The fraction of sp³-hybridized carbons (Fsp3) is 0.381. The molecule has 0 aliphatic carbocycles. The van der Waals surface area contributed by atoms with Gasteiger partial charge < -0.3 is 0 Å². The lowest BCUT2D eigenvalue weighted by Gasteiger charge is -2.27. The normalized spacial score (nSPS) is 15.1. The smallest absolute Gasteiger partial charge is 0.127 e. The summed E-state index contributed by atoms with van der Waals surface area (Å²) in [5.74, 6) is 0. The van der Waals surface area contributed by atoms with Crippen LogP contribution in [0.5, 0.6) is 0 Å². The minimum absolute atomic E-state index is 0.772. The zero-order valence-corrected chi connectivity index (χ0v) is 16.8. The molecule has 6 heteroatoms. The van der Waals surface area contributed by atoms with E-state index in [0.29, 0.717) is 0 Å². The highest BCUT2D eigenvalue weighted by Gasteiger charge is 2.15. The molecule has 1 aliphatic heterocycles. The lowest BCUT2D eigenvalue weighted by molar-refractivity contribution is -0.357. The molecule has 0 N–H and O–H groups in total. The Kier molecular flexibility index (Phi) is 7.86. The molecule has 144 valence electrons. The predicted molar refractivity (Wildman–Crippen MR) is 109 cm³/mol. The number of hydrogen-bond donors (Lipinski definition) is 0. The second-order valence-corrected chi connectivity index (χ2v) is 7.14. The molecule has 0 spiro atoms. The zero-order chi connectivity index (χ0) is 18.9. The van der Waals surface area contributed by atoms with E-state index in [1.807, 2.05) is 26.0 Å². The molecule has 0 unspecified atom stereocenters. The quantitative estimate of drug-likeness (QED) is 0.357. The van der Waals surface area contributed by atoms with Crippen LogP contribution < -0.4 is 0 Å². The van der Waals surface area contributed by atoms with E-state index in [9.17, 15) is 0 Å². The molecular weight excluding hydrogens is 358 g/mol. The van der Waals surface area contributed by atoms with Crippen LogP contribution in [0.4, 0.5) is 0 Å². The Labute approximate surface area is 166 Å². The molecule has 0 fully saturated rings. The van der Waals surface area contributed by atoms with Crippen molar-refractivity contribution in [3.05, 3.63) is 65.9 Å². The topological polar surface area (TPSA) is 37.8 Å². The first-order valence-corrected chi connectivity index (χ1v) is 10.2. The highest BCUT2D eigenvalue weighted by molar-refractivity contribution is 7.94. The summed E-state index contributed by atoms with van der Waals surface area (Å²) in [6.07, 6.45) is 3.34. The third-order valence-corrected chi connectivity index (χ3v) is 5.02. The zero-order valence-electron chi connectivity index (χ0n) is 16.0. The Morgan fingerprint density at radius 2 is 1.89 bits per heavy atom.